The van der Waals surface area contributed by atoms with Gasteiger partial charge >= 0.3 is 0 Å². The zero-order chi connectivity index (χ0) is 23.8. The quantitative estimate of drug-likeness (QED) is 0.424. The van der Waals surface area contributed by atoms with Gasteiger partial charge in [0.05, 0.1) is 23.5 Å². The Kier molecular flexibility index (Phi) is 5.95. The van der Waals surface area contributed by atoms with E-state index in [2.05, 4.69) is 20.3 Å². The number of fused-ring (bicyclic) bond motifs is 2. The first kappa shape index (κ1) is 22.3. The van der Waals surface area contributed by atoms with Gasteiger partial charge in [0, 0.05) is 59.8 Å². The van der Waals surface area contributed by atoms with Crippen molar-refractivity contribution in [1.29, 1.82) is 0 Å². The minimum Gasteiger partial charge on any atom is -0.493 e. The zero-order valence-electron chi connectivity index (χ0n) is 19.2. The summed E-state index contributed by atoms with van der Waals surface area (Å²) in [5.74, 6) is 1.53. The number of carbonyl (C=O) groups excluding carboxylic acids is 1. The molecule has 1 aromatic carbocycles. The largest absolute Gasteiger partial charge is 0.493 e. The highest BCUT2D eigenvalue weighted by molar-refractivity contribution is 8.12. The fourth-order valence-corrected chi connectivity index (χ4v) is 4.87. The van der Waals surface area contributed by atoms with Crippen molar-refractivity contribution in [3.63, 3.8) is 0 Å². The summed E-state index contributed by atoms with van der Waals surface area (Å²) in [4.78, 5) is 25.4. The Morgan fingerprint density at radius 2 is 2.06 bits per heavy atom. The molecule has 0 amide bonds. The lowest BCUT2D eigenvalue weighted by molar-refractivity contribution is -0.109. The minimum absolute atomic E-state index is 0.0441. The molecular formula is C25H24FN5O2S. The minimum atomic E-state index is -0.259. The zero-order valence-corrected chi connectivity index (χ0v) is 20.0. The van der Waals surface area contributed by atoms with Crippen LogP contribution in [0.2, 0.25) is 0 Å². The van der Waals surface area contributed by atoms with Crippen molar-refractivity contribution in [3.05, 3.63) is 70.8 Å². The maximum Gasteiger partial charge on any atom is 0.208 e. The van der Waals surface area contributed by atoms with Gasteiger partial charge in [-0.1, -0.05) is 17.8 Å². The molecule has 9 heteroatoms. The Morgan fingerprint density at radius 3 is 2.88 bits per heavy atom. The molecule has 0 spiro atoms. The standard InChI is InChI=1S/C25H24FN5O2S/c1-14-4-5-17(22(30-14)12-34-16(3)32)20-11-28-25(31-13-29-15(2)24(20)31)27-10-19-18-8-9-33-23(18)7-6-21(19)26/h4-7,11,13H,8-10,12H2,1-3H3,(H,27,28). The van der Waals surface area contributed by atoms with Crippen molar-refractivity contribution in [2.24, 2.45) is 0 Å². The summed E-state index contributed by atoms with van der Waals surface area (Å²) in [5.41, 5.74) is 6.73. The normalized spacial score (nSPS) is 12.6. The molecular weight excluding hydrogens is 453 g/mol. The van der Waals surface area contributed by atoms with E-state index >= 15 is 0 Å². The topological polar surface area (TPSA) is 81.4 Å². The number of anilines is 1. The van der Waals surface area contributed by atoms with Gasteiger partial charge in [0.2, 0.25) is 5.95 Å². The summed E-state index contributed by atoms with van der Waals surface area (Å²) in [6, 6.07) is 7.09. The van der Waals surface area contributed by atoms with E-state index in [9.17, 15) is 9.18 Å². The smallest absolute Gasteiger partial charge is 0.208 e. The number of ether oxygens (including phenoxy) is 1. The summed E-state index contributed by atoms with van der Waals surface area (Å²) in [6.45, 7) is 6.27. The molecule has 3 aromatic heterocycles. The highest BCUT2D eigenvalue weighted by Crippen LogP contribution is 2.33. The Bertz CT molecular complexity index is 1420. The monoisotopic (exact) mass is 477 g/mol. The Morgan fingerprint density at radius 1 is 1.21 bits per heavy atom. The van der Waals surface area contributed by atoms with Crippen LogP contribution in [0.1, 0.15) is 35.1 Å². The van der Waals surface area contributed by atoms with Gasteiger partial charge < -0.3 is 10.1 Å². The molecule has 1 N–H and O–H groups in total. The van der Waals surface area contributed by atoms with Gasteiger partial charge in [0.15, 0.2) is 5.12 Å². The molecule has 174 valence electrons. The third-order valence-corrected chi connectivity index (χ3v) is 6.75. The molecule has 0 unspecified atom stereocenters. The number of nitrogens with one attached hydrogen (secondary N) is 1. The highest BCUT2D eigenvalue weighted by Gasteiger charge is 2.21. The SMILES string of the molecule is CC(=O)SCc1nc(C)ccc1-c1cnc(NCc2c(F)ccc3c2CCO3)n2cnc(C)c12. The number of hydrogen-bond donors (Lipinski definition) is 1. The molecule has 0 saturated heterocycles. The van der Waals surface area contributed by atoms with E-state index in [4.69, 9.17) is 4.74 Å². The van der Waals surface area contributed by atoms with E-state index < -0.39 is 0 Å². The van der Waals surface area contributed by atoms with Crippen molar-refractivity contribution in [1.82, 2.24) is 19.4 Å². The maximum atomic E-state index is 14.6. The number of aromatic nitrogens is 4. The molecule has 0 atom stereocenters. The van der Waals surface area contributed by atoms with Crippen LogP contribution in [-0.4, -0.2) is 31.1 Å². The van der Waals surface area contributed by atoms with E-state index in [1.54, 1.807) is 25.5 Å². The van der Waals surface area contributed by atoms with Crippen molar-refractivity contribution in [2.75, 3.05) is 11.9 Å². The van der Waals surface area contributed by atoms with Crippen LogP contribution in [0, 0.1) is 19.7 Å². The van der Waals surface area contributed by atoms with E-state index in [1.807, 2.05) is 30.4 Å². The number of halogens is 1. The first-order chi connectivity index (χ1) is 16.4. The van der Waals surface area contributed by atoms with Crippen LogP contribution in [0.25, 0.3) is 16.6 Å². The summed E-state index contributed by atoms with van der Waals surface area (Å²) in [7, 11) is 0. The Labute approximate surface area is 200 Å². The van der Waals surface area contributed by atoms with Crippen molar-refractivity contribution < 1.29 is 13.9 Å². The fourth-order valence-electron chi connectivity index (χ4n) is 4.31. The molecule has 5 rings (SSSR count). The lowest BCUT2D eigenvalue weighted by atomic mass is 10.0. The van der Waals surface area contributed by atoms with Crippen LogP contribution in [-0.2, 0) is 23.5 Å². The van der Waals surface area contributed by atoms with Gasteiger partial charge in [-0.2, -0.15) is 0 Å². The molecule has 0 bridgehead atoms. The number of benzene rings is 1. The molecule has 4 heterocycles. The predicted octanol–water partition coefficient (Wildman–Crippen LogP) is 4.87. The molecule has 0 saturated carbocycles. The first-order valence-corrected chi connectivity index (χ1v) is 12.0. The number of aryl methyl sites for hydroxylation is 2. The van der Waals surface area contributed by atoms with E-state index in [-0.39, 0.29) is 17.5 Å². The van der Waals surface area contributed by atoms with E-state index in [0.717, 1.165) is 45.0 Å². The molecule has 0 aliphatic carbocycles. The number of thioether (sulfide) groups is 1. The lowest BCUT2D eigenvalue weighted by Crippen LogP contribution is -2.10. The van der Waals surface area contributed by atoms with Crippen molar-refractivity contribution in [3.8, 4) is 16.9 Å². The van der Waals surface area contributed by atoms with Gasteiger partial charge in [-0.3, -0.25) is 14.2 Å². The van der Waals surface area contributed by atoms with Gasteiger partial charge in [-0.05, 0) is 32.0 Å². The number of pyridine rings is 1. The Balaban J connectivity index is 1.52. The molecule has 0 fully saturated rings. The average molecular weight is 478 g/mol. The third-order valence-electron chi connectivity index (χ3n) is 5.93. The maximum absolute atomic E-state index is 14.6. The van der Waals surface area contributed by atoms with Gasteiger partial charge in [-0.15, -0.1) is 0 Å². The van der Waals surface area contributed by atoms with Crippen LogP contribution < -0.4 is 10.1 Å². The van der Waals surface area contributed by atoms with Crippen molar-refractivity contribution in [2.45, 2.75) is 39.5 Å². The fraction of sp³-hybridized carbons (Fsp3) is 0.280. The highest BCUT2D eigenvalue weighted by atomic mass is 32.2. The molecule has 1 aliphatic heterocycles. The van der Waals surface area contributed by atoms with Crippen molar-refractivity contribution >= 4 is 28.3 Å². The van der Waals surface area contributed by atoms with Gasteiger partial charge in [0.25, 0.3) is 0 Å². The summed E-state index contributed by atoms with van der Waals surface area (Å²) in [6.07, 6.45) is 4.19. The lowest BCUT2D eigenvalue weighted by Gasteiger charge is -2.15. The predicted molar refractivity (Wildman–Crippen MR) is 131 cm³/mol. The van der Waals surface area contributed by atoms with E-state index in [0.29, 0.717) is 30.3 Å². The number of hydrogen-bond acceptors (Lipinski definition) is 7. The van der Waals surface area contributed by atoms with Crippen LogP contribution >= 0.6 is 11.8 Å². The van der Waals surface area contributed by atoms with Gasteiger partial charge in [-0.25, -0.2) is 14.4 Å². The molecule has 7 nitrogen and oxygen atoms in total. The number of imidazole rings is 1. The summed E-state index contributed by atoms with van der Waals surface area (Å²) in [5, 5.41) is 3.33. The second kappa shape index (κ2) is 9.06. The summed E-state index contributed by atoms with van der Waals surface area (Å²) < 4.78 is 22.1. The number of nitrogens with zero attached hydrogens (tertiary/aromatic N) is 4. The molecule has 1 aliphatic rings. The number of carbonyl (C=O) groups is 1. The van der Waals surface area contributed by atoms with Crippen LogP contribution in [0.3, 0.4) is 0 Å². The second-order valence-corrected chi connectivity index (χ2v) is 9.38. The van der Waals surface area contributed by atoms with Crippen LogP contribution in [0.5, 0.6) is 5.75 Å². The second-order valence-electron chi connectivity index (χ2n) is 8.23. The molecule has 0 radical (unpaired) electrons. The number of rotatable bonds is 6. The third kappa shape index (κ3) is 4.11. The van der Waals surface area contributed by atoms with E-state index in [1.165, 1.54) is 17.8 Å². The van der Waals surface area contributed by atoms with Crippen LogP contribution in [0.15, 0.2) is 36.8 Å². The summed E-state index contributed by atoms with van der Waals surface area (Å²) >= 11 is 1.23. The average Bonchev–Trinajstić information content (AvgIpc) is 3.44. The van der Waals surface area contributed by atoms with Crippen LogP contribution in [0.4, 0.5) is 10.3 Å². The Hall–Kier alpha value is -3.46. The molecule has 34 heavy (non-hydrogen) atoms. The first-order valence-electron chi connectivity index (χ1n) is 11.0. The van der Waals surface area contributed by atoms with Gasteiger partial charge in [0.1, 0.15) is 17.9 Å². The molecule has 4 aromatic rings.